The fourth-order valence-electron chi connectivity index (χ4n) is 2.58. The van der Waals surface area contributed by atoms with Gasteiger partial charge < -0.3 is 9.88 Å². The Morgan fingerprint density at radius 2 is 2.23 bits per heavy atom. The second kappa shape index (κ2) is 7.61. The Bertz CT molecular complexity index is 950. The Balaban J connectivity index is 1.42. The van der Waals surface area contributed by atoms with Crippen molar-refractivity contribution in [3.8, 4) is 6.07 Å². The van der Waals surface area contributed by atoms with Crippen LogP contribution in [0.3, 0.4) is 0 Å². The van der Waals surface area contributed by atoms with Crippen LogP contribution in [0.1, 0.15) is 35.1 Å². The number of aromatic nitrogens is 3. The molecule has 0 radical (unpaired) electrons. The average molecular weight is 402 g/mol. The van der Waals surface area contributed by atoms with Crippen LogP contribution in [0, 0.1) is 11.3 Å². The van der Waals surface area contributed by atoms with Crippen LogP contribution < -0.4 is 5.32 Å². The van der Waals surface area contributed by atoms with Crippen LogP contribution in [0.25, 0.3) is 0 Å². The minimum atomic E-state index is -0.140. The Labute approximate surface area is 162 Å². The van der Waals surface area contributed by atoms with Crippen LogP contribution in [0.4, 0.5) is 5.00 Å². The monoisotopic (exact) mass is 401 g/mol. The van der Waals surface area contributed by atoms with Crippen molar-refractivity contribution in [3.05, 3.63) is 45.2 Å². The highest BCUT2D eigenvalue weighted by Crippen LogP contribution is 2.39. The smallest absolute Gasteiger partial charge is 0.235 e. The minimum Gasteiger partial charge on any atom is -0.316 e. The molecule has 3 heterocycles. The molecule has 0 aromatic carbocycles. The lowest BCUT2D eigenvalue weighted by Gasteiger charge is -2.08. The van der Waals surface area contributed by atoms with Gasteiger partial charge in [-0.05, 0) is 35.7 Å². The molecular formula is C17H15N5OS3. The highest BCUT2D eigenvalue weighted by atomic mass is 32.2. The lowest BCUT2D eigenvalue weighted by atomic mass is 10.3. The molecule has 0 atom stereocenters. The summed E-state index contributed by atoms with van der Waals surface area (Å²) in [6, 6.07) is 8.37. The third kappa shape index (κ3) is 3.82. The Kier molecular flexibility index (Phi) is 5.06. The van der Waals surface area contributed by atoms with E-state index >= 15 is 0 Å². The molecule has 0 saturated heterocycles. The van der Waals surface area contributed by atoms with E-state index in [0.29, 0.717) is 16.6 Å². The van der Waals surface area contributed by atoms with Crippen LogP contribution in [0.5, 0.6) is 0 Å². The average Bonchev–Trinajstić information content (AvgIpc) is 3.02. The Morgan fingerprint density at radius 1 is 1.35 bits per heavy atom. The van der Waals surface area contributed by atoms with Crippen molar-refractivity contribution in [2.24, 2.45) is 0 Å². The first kappa shape index (κ1) is 17.3. The van der Waals surface area contributed by atoms with E-state index < -0.39 is 0 Å². The molecule has 1 aliphatic carbocycles. The minimum absolute atomic E-state index is 0.140. The first-order valence-electron chi connectivity index (χ1n) is 8.11. The number of hydrogen-bond donors (Lipinski definition) is 1. The lowest BCUT2D eigenvalue weighted by Crippen LogP contribution is -2.14. The molecule has 1 amide bonds. The molecule has 0 bridgehead atoms. The third-order valence-corrected chi connectivity index (χ3v) is 6.58. The molecule has 1 aliphatic rings. The summed E-state index contributed by atoms with van der Waals surface area (Å²) < 4.78 is 2.18. The maximum atomic E-state index is 12.2. The van der Waals surface area contributed by atoms with E-state index in [9.17, 15) is 4.79 Å². The number of rotatable bonds is 7. The van der Waals surface area contributed by atoms with Gasteiger partial charge in [-0.1, -0.05) is 17.8 Å². The van der Waals surface area contributed by atoms with Crippen molar-refractivity contribution < 1.29 is 4.79 Å². The van der Waals surface area contributed by atoms with Gasteiger partial charge in [-0.2, -0.15) is 5.26 Å². The highest BCUT2D eigenvalue weighted by molar-refractivity contribution is 7.99. The van der Waals surface area contributed by atoms with Gasteiger partial charge in [0.25, 0.3) is 0 Å². The first-order chi connectivity index (χ1) is 12.7. The number of nitrogens with zero attached hydrogens (tertiary/aromatic N) is 4. The quantitative estimate of drug-likeness (QED) is 0.607. The third-order valence-electron chi connectivity index (χ3n) is 3.93. The van der Waals surface area contributed by atoms with Crippen molar-refractivity contribution in [2.45, 2.75) is 30.5 Å². The predicted molar refractivity (Wildman–Crippen MR) is 104 cm³/mol. The van der Waals surface area contributed by atoms with E-state index in [1.54, 1.807) is 22.8 Å². The number of nitrogens with one attached hydrogen (secondary N) is 1. The van der Waals surface area contributed by atoms with E-state index in [1.165, 1.54) is 28.0 Å². The molecule has 9 heteroatoms. The maximum absolute atomic E-state index is 12.2. The fraction of sp³-hybridized carbons (Fsp3) is 0.294. The molecule has 132 valence electrons. The van der Waals surface area contributed by atoms with Crippen molar-refractivity contribution >= 4 is 45.3 Å². The zero-order valence-electron chi connectivity index (χ0n) is 13.7. The molecule has 26 heavy (non-hydrogen) atoms. The van der Waals surface area contributed by atoms with Gasteiger partial charge in [0, 0.05) is 17.3 Å². The summed E-state index contributed by atoms with van der Waals surface area (Å²) in [5, 5.41) is 25.7. The number of carbonyl (C=O) groups excluding carboxylic acids is 1. The van der Waals surface area contributed by atoms with Gasteiger partial charge in [0.1, 0.15) is 16.9 Å². The van der Waals surface area contributed by atoms with Crippen LogP contribution in [-0.2, 0) is 11.2 Å². The molecule has 1 saturated carbocycles. The Hall–Kier alpha value is -2.15. The summed E-state index contributed by atoms with van der Waals surface area (Å²) in [4.78, 5) is 13.5. The number of anilines is 1. The normalized spacial score (nSPS) is 13.5. The highest BCUT2D eigenvalue weighted by Gasteiger charge is 2.30. The largest absolute Gasteiger partial charge is 0.316 e. The van der Waals surface area contributed by atoms with E-state index in [0.717, 1.165) is 30.2 Å². The molecule has 0 unspecified atom stereocenters. The van der Waals surface area contributed by atoms with Crippen LogP contribution in [-0.4, -0.2) is 26.4 Å². The van der Waals surface area contributed by atoms with Crippen LogP contribution in [0.2, 0.25) is 0 Å². The molecule has 4 rings (SSSR count). The summed E-state index contributed by atoms with van der Waals surface area (Å²) in [6.45, 7) is 0. The zero-order valence-corrected chi connectivity index (χ0v) is 16.2. The van der Waals surface area contributed by atoms with Crippen molar-refractivity contribution in [1.82, 2.24) is 14.8 Å². The summed E-state index contributed by atoms with van der Waals surface area (Å²) in [5.74, 6) is 1.06. The number of hydrogen-bond acceptors (Lipinski definition) is 7. The summed E-state index contributed by atoms with van der Waals surface area (Å²) in [6.07, 6.45) is 3.04. The molecule has 0 spiro atoms. The molecule has 0 aliphatic heterocycles. The van der Waals surface area contributed by atoms with Gasteiger partial charge in [-0.3, -0.25) is 4.79 Å². The number of nitriles is 1. The van der Waals surface area contributed by atoms with Crippen molar-refractivity contribution in [3.63, 3.8) is 0 Å². The fourth-order valence-corrected chi connectivity index (χ4v) is 4.86. The number of carbonyl (C=O) groups is 1. The van der Waals surface area contributed by atoms with Gasteiger partial charge in [0.05, 0.1) is 11.3 Å². The summed E-state index contributed by atoms with van der Waals surface area (Å²) in [5.41, 5.74) is 0.493. The zero-order chi connectivity index (χ0) is 17.9. The van der Waals surface area contributed by atoms with Gasteiger partial charge in [0.15, 0.2) is 5.16 Å². The lowest BCUT2D eigenvalue weighted by molar-refractivity contribution is -0.113. The summed E-state index contributed by atoms with van der Waals surface area (Å²) >= 11 is 4.46. The first-order valence-corrected chi connectivity index (χ1v) is 10.9. The standard InChI is InChI=1S/C17H15N5OS3/c18-9-11-5-7-25-16(11)19-15(23)10-26-17-21-20-14(22(17)12-3-4-12)8-13-2-1-6-24-13/h1-2,5-7,12H,3-4,8,10H2,(H,19,23). The van der Waals surface area contributed by atoms with E-state index in [2.05, 4.69) is 37.6 Å². The predicted octanol–water partition coefficient (Wildman–Crippen LogP) is 3.93. The van der Waals surface area contributed by atoms with Crippen molar-refractivity contribution in [1.29, 1.82) is 5.26 Å². The van der Waals surface area contributed by atoms with Crippen LogP contribution >= 0.6 is 34.4 Å². The molecule has 1 fully saturated rings. The van der Waals surface area contributed by atoms with Gasteiger partial charge >= 0.3 is 0 Å². The number of thioether (sulfide) groups is 1. The molecule has 3 aromatic rings. The second-order valence-electron chi connectivity index (χ2n) is 5.87. The van der Waals surface area contributed by atoms with Gasteiger partial charge in [-0.25, -0.2) is 0 Å². The Morgan fingerprint density at radius 3 is 2.96 bits per heavy atom. The molecule has 1 N–H and O–H groups in total. The van der Waals surface area contributed by atoms with Gasteiger partial charge in [0.2, 0.25) is 5.91 Å². The van der Waals surface area contributed by atoms with Gasteiger partial charge in [-0.15, -0.1) is 32.9 Å². The summed E-state index contributed by atoms with van der Waals surface area (Å²) in [7, 11) is 0. The van der Waals surface area contributed by atoms with Crippen molar-refractivity contribution in [2.75, 3.05) is 11.1 Å². The maximum Gasteiger partial charge on any atom is 0.235 e. The van der Waals surface area contributed by atoms with E-state index in [4.69, 9.17) is 5.26 Å². The van der Waals surface area contributed by atoms with E-state index in [-0.39, 0.29) is 11.7 Å². The number of amides is 1. The second-order valence-corrected chi connectivity index (χ2v) is 8.76. The molecule has 6 nitrogen and oxygen atoms in total. The number of thiophene rings is 2. The topological polar surface area (TPSA) is 83.6 Å². The SMILES string of the molecule is N#Cc1ccsc1NC(=O)CSc1nnc(Cc2cccs2)n1C1CC1. The van der Waals surface area contributed by atoms with E-state index in [1.807, 2.05) is 6.07 Å². The molecule has 3 aromatic heterocycles. The molecular weight excluding hydrogens is 386 g/mol. The van der Waals surface area contributed by atoms with Crippen LogP contribution in [0.15, 0.2) is 34.1 Å².